The Morgan fingerprint density at radius 1 is 1.19 bits per heavy atom. The molecule has 5 atom stereocenters. The van der Waals surface area contributed by atoms with Gasteiger partial charge >= 0.3 is 5.63 Å². The van der Waals surface area contributed by atoms with Crippen LogP contribution in [-0.2, 0) is 4.74 Å². The monoisotopic (exact) mass is 365 g/mol. The molecule has 1 aliphatic rings. The summed E-state index contributed by atoms with van der Waals surface area (Å²) in [5, 5.41) is 42.4. The Kier molecular flexibility index (Phi) is 5.08. The molecule has 1 aromatic heterocycles. The molecule has 0 saturated carbocycles. The summed E-state index contributed by atoms with van der Waals surface area (Å²) < 4.78 is 10.2. The second-order valence-corrected chi connectivity index (χ2v) is 6.15. The van der Waals surface area contributed by atoms with E-state index in [1.54, 1.807) is 12.1 Å². The molecular weight excluding hydrogens is 346 g/mol. The molecule has 1 aromatic carbocycles. The van der Waals surface area contributed by atoms with Crippen molar-refractivity contribution in [2.75, 3.05) is 11.9 Å². The van der Waals surface area contributed by atoms with Crippen molar-refractivity contribution in [3.05, 3.63) is 40.2 Å². The second kappa shape index (κ2) is 7.14. The van der Waals surface area contributed by atoms with Crippen molar-refractivity contribution >= 4 is 22.4 Å². The van der Waals surface area contributed by atoms with E-state index in [9.17, 15) is 24.9 Å². The van der Waals surface area contributed by atoms with Crippen LogP contribution in [0.15, 0.2) is 33.5 Å². The molecule has 0 amide bonds. The third-order valence-electron chi connectivity index (χ3n) is 4.36. The average Bonchev–Trinajstić information content (AvgIpc) is 2.60. The van der Waals surface area contributed by atoms with Gasteiger partial charge in [-0.05, 0) is 19.1 Å². The molecule has 0 radical (unpaired) electrons. The largest absolute Gasteiger partial charge is 0.423 e. The lowest BCUT2D eigenvalue weighted by Crippen LogP contribution is -2.61. The van der Waals surface area contributed by atoms with Gasteiger partial charge in [-0.3, -0.25) is 4.79 Å². The molecule has 5 N–H and O–H groups in total. The van der Waals surface area contributed by atoms with E-state index in [2.05, 4.69) is 5.32 Å². The van der Waals surface area contributed by atoms with Gasteiger partial charge < -0.3 is 34.9 Å². The van der Waals surface area contributed by atoms with E-state index >= 15 is 0 Å². The summed E-state index contributed by atoms with van der Waals surface area (Å²) >= 11 is 0. The molecule has 0 aliphatic carbocycles. The van der Waals surface area contributed by atoms with Crippen LogP contribution >= 0.6 is 0 Å². The van der Waals surface area contributed by atoms with Crippen LogP contribution in [0, 0.1) is 0 Å². The highest BCUT2D eigenvalue weighted by atomic mass is 16.6. The molecule has 0 bridgehead atoms. The van der Waals surface area contributed by atoms with E-state index in [0.29, 0.717) is 11.1 Å². The first-order valence-corrected chi connectivity index (χ1v) is 7.97. The predicted octanol–water partition coefficient (Wildman–Crippen LogP) is -0.793. The van der Waals surface area contributed by atoms with Crippen LogP contribution in [0.5, 0.6) is 0 Å². The number of hydrogen-bond acceptors (Lipinski definition) is 9. The van der Waals surface area contributed by atoms with Gasteiger partial charge in [0.1, 0.15) is 29.9 Å². The summed E-state index contributed by atoms with van der Waals surface area (Å²) in [6.07, 6.45) is -5.41. The number of benzene rings is 1. The van der Waals surface area contributed by atoms with Crippen LogP contribution < -0.4 is 10.9 Å². The number of nitrogens with one attached hydrogen (secondary N) is 1. The minimum Gasteiger partial charge on any atom is -0.423 e. The standard InChI is InChI=1S/C17H19NO8/c1-7(20)10-5-13(21)25-11-4-8(2-3-9(10)11)18-14-16(23)15(22)12(6-19)26-17(14)24/h2-5,12,14-19,22-24H,6H2,1H3/t12?,14?,15-,16-,17?/m0/s1. The zero-order chi connectivity index (χ0) is 19.0. The third kappa shape index (κ3) is 3.35. The summed E-state index contributed by atoms with van der Waals surface area (Å²) in [4.78, 5) is 23.3. The Bertz CT molecular complexity index is 879. The quantitative estimate of drug-likeness (QED) is 0.347. The number of carbonyl (C=O) groups is 1. The number of hydrogen-bond donors (Lipinski definition) is 5. The fraction of sp³-hybridized carbons (Fsp3) is 0.412. The van der Waals surface area contributed by atoms with Crippen molar-refractivity contribution < 1.29 is 34.4 Å². The lowest BCUT2D eigenvalue weighted by molar-refractivity contribution is -0.245. The molecule has 3 rings (SSSR count). The third-order valence-corrected chi connectivity index (χ3v) is 4.36. The summed E-state index contributed by atoms with van der Waals surface area (Å²) in [7, 11) is 0. The van der Waals surface area contributed by atoms with Gasteiger partial charge in [0.25, 0.3) is 0 Å². The summed E-state index contributed by atoms with van der Waals surface area (Å²) in [6.45, 7) is 0.780. The topological polar surface area (TPSA) is 149 Å². The SMILES string of the molecule is CC(=O)c1cc(=O)oc2cc(NC3C(O)OC(CO)[C@H](O)[C@H]3O)ccc12. The molecule has 3 unspecified atom stereocenters. The molecule has 1 saturated heterocycles. The zero-order valence-electron chi connectivity index (χ0n) is 13.8. The maximum absolute atomic E-state index is 11.7. The molecule has 1 fully saturated rings. The number of aliphatic hydroxyl groups is 4. The van der Waals surface area contributed by atoms with Gasteiger partial charge in [-0.1, -0.05) is 0 Å². The number of carbonyl (C=O) groups excluding carboxylic acids is 1. The lowest BCUT2D eigenvalue weighted by Gasteiger charge is -2.40. The van der Waals surface area contributed by atoms with Gasteiger partial charge in [-0.15, -0.1) is 0 Å². The molecule has 1 aliphatic heterocycles. The fourth-order valence-electron chi connectivity index (χ4n) is 2.99. The highest BCUT2D eigenvalue weighted by Crippen LogP contribution is 2.26. The molecule has 9 nitrogen and oxygen atoms in total. The smallest absolute Gasteiger partial charge is 0.336 e. The summed E-state index contributed by atoms with van der Waals surface area (Å²) in [6, 6.07) is 4.59. The van der Waals surface area contributed by atoms with Crippen LogP contribution in [-0.4, -0.2) is 63.5 Å². The van der Waals surface area contributed by atoms with Crippen LogP contribution in [0.1, 0.15) is 17.3 Å². The molecular formula is C17H19NO8. The van der Waals surface area contributed by atoms with E-state index in [1.807, 2.05) is 0 Å². The van der Waals surface area contributed by atoms with Gasteiger partial charge in [0.2, 0.25) is 0 Å². The Morgan fingerprint density at radius 2 is 1.92 bits per heavy atom. The van der Waals surface area contributed by atoms with Crippen molar-refractivity contribution in [3.8, 4) is 0 Å². The average molecular weight is 365 g/mol. The lowest BCUT2D eigenvalue weighted by atomic mass is 9.96. The van der Waals surface area contributed by atoms with E-state index < -0.39 is 42.9 Å². The molecule has 2 heterocycles. The van der Waals surface area contributed by atoms with Crippen molar-refractivity contribution in [1.29, 1.82) is 0 Å². The highest BCUT2D eigenvalue weighted by Gasteiger charge is 2.43. The van der Waals surface area contributed by atoms with Gasteiger partial charge in [-0.25, -0.2) is 4.79 Å². The number of ketones is 1. The normalized spacial score (nSPS) is 28.9. The van der Waals surface area contributed by atoms with Gasteiger partial charge in [0.05, 0.1) is 6.61 Å². The summed E-state index contributed by atoms with van der Waals surface area (Å²) in [5.41, 5.74) is 0.0668. The minimum atomic E-state index is -1.49. The molecule has 2 aromatic rings. The maximum Gasteiger partial charge on any atom is 0.336 e. The summed E-state index contributed by atoms with van der Waals surface area (Å²) in [5.74, 6) is -0.284. The number of rotatable bonds is 4. The van der Waals surface area contributed by atoms with Crippen LogP contribution in [0.2, 0.25) is 0 Å². The molecule has 9 heteroatoms. The number of anilines is 1. The Balaban J connectivity index is 1.92. The fourth-order valence-corrected chi connectivity index (χ4v) is 2.99. The Hall–Kier alpha value is -2.30. The number of aliphatic hydroxyl groups excluding tert-OH is 4. The van der Waals surface area contributed by atoms with E-state index in [0.717, 1.165) is 6.07 Å². The van der Waals surface area contributed by atoms with E-state index in [1.165, 1.54) is 13.0 Å². The minimum absolute atomic E-state index is 0.155. The van der Waals surface area contributed by atoms with Crippen molar-refractivity contribution in [1.82, 2.24) is 0 Å². The number of fused-ring (bicyclic) bond motifs is 1. The van der Waals surface area contributed by atoms with Crippen LogP contribution in [0.3, 0.4) is 0 Å². The number of Topliss-reactive ketones (excluding diaryl/α,β-unsaturated/α-hetero) is 1. The van der Waals surface area contributed by atoms with Crippen molar-refractivity contribution in [3.63, 3.8) is 0 Å². The molecule has 140 valence electrons. The zero-order valence-corrected chi connectivity index (χ0v) is 13.8. The molecule has 0 spiro atoms. The number of ether oxygens (including phenoxy) is 1. The van der Waals surface area contributed by atoms with E-state index in [-0.39, 0.29) is 16.9 Å². The van der Waals surface area contributed by atoms with E-state index in [4.69, 9.17) is 14.3 Å². The van der Waals surface area contributed by atoms with Gasteiger partial charge in [0.15, 0.2) is 12.1 Å². The Labute approximate surface area is 147 Å². The highest BCUT2D eigenvalue weighted by molar-refractivity contribution is 6.05. The molecule has 26 heavy (non-hydrogen) atoms. The van der Waals surface area contributed by atoms with Gasteiger partial charge in [0, 0.05) is 28.8 Å². The Morgan fingerprint density at radius 3 is 2.58 bits per heavy atom. The van der Waals surface area contributed by atoms with Crippen LogP contribution in [0.4, 0.5) is 5.69 Å². The van der Waals surface area contributed by atoms with Crippen molar-refractivity contribution in [2.45, 2.75) is 37.6 Å². The van der Waals surface area contributed by atoms with Gasteiger partial charge in [-0.2, -0.15) is 0 Å². The maximum atomic E-state index is 11.7. The van der Waals surface area contributed by atoms with Crippen LogP contribution in [0.25, 0.3) is 11.0 Å². The van der Waals surface area contributed by atoms with Crippen molar-refractivity contribution in [2.24, 2.45) is 0 Å². The predicted molar refractivity (Wildman–Crippen MR) is 89.9 cm³/mol. The first kappa shape index (κ1) is 18.5. The second-order valence-electron chi connectivity index (χ2n) is 6.15. The first-order valence-electron chi connectivity index (χ1n) is 7.97. The first-order chi connectivity index (χ1) is 12.3.